The van der Waals surface area contributed by atoms with Gasteiger partial charge in [0.25, 0.3) is 0 Å². The van der Waals surface area contributed by atoms with Crippen LogP contribution in [-0.2, 0) is 6.42 Å². The Labute approximate surface area is 106 Å². The fraction of sp³-hybridized carbons (Fsp3) is 0.300. The molecule has 0 unspecified atom stereocenters. The van der Waals surface area contributed by atoms with Gasteiger partial charge in [0, 0.05) is 6.42 Å². The van der Waals surface area contributed by atoms with Gasteiger partial charge < -0.3 is 5.73 Å². The highest BCUT2D eigenvalue weighted by molar-refractivity contribution is 9.11. The van der Waals surface area contributed by atoms with Crippen LogP contribution in [0.3, 0.4) is 0 Å². The fourth-order valence-electron chi connectivity index (χ4n) is 1.32. The summed E-state index contributed by atoms with van der Waals surface area (Å²) in [5, 5.41) is 0. The summed E-state index contributed by atoms with van der Waals surface area (Å²) >= 11 is 5.00. The lowest BCUT2D eigenvalue weighted by Crippen LogP contribution is -2.04. The first-order valence-electron chi connectivity index (χ1n) is 4.95. The van der Waals surface area contributed by atoms with Crippen LogP contribution in [-0.4, -0.2) is 15.0 Å². The van der Waals surface area contributed by atoms with Gasteiger partial charge in [0.2, 0.25) is 5.95 Å². The van der Waals surface area contributed by atoms with Crippen LogP contribution in [0.25, 0.3) is 10.7 Å². The van der Waals surface area contributed by atoms with Crippen molar-refractivity contribution >= 4 is 33.2 Å². The van der Waals surface area contributed by atoms with E-state index in [9.17, 15) is 0 Å². The molecule has 0 aliphatic carbocycles. The van der Waals surface area contributed by atoms with E-state index in [2.05, 4.69) is 37.8 Å². The molecule has 0 radical (unpaired) electrons. The highest BCUT2D eigenvalue weighted by atomic mass is 79.9. The second-order valence-electron chi connectivity index (χ2n) is 3.29. The Morgan fingerprint density at radius 3 is 2.75 bits per heavy atom. The predicted octanol–water partition coefficient (Wildman–Crippen LogP) is 2.90. The van der Waals surface area contributed by atoms with Crippen LogP contribution in [0.4, 0.5) is 5.95 Å². The van der Waals surface area contributed by atoms with Crippen molar-refractivity contribution in [3.05, 3.63) is 21.7 Å². The second kappa shape index (κ2) is 4.88. The quantitative estimate of drug-likeness (QED) is 0.946. The van der Waals surface area contributed by atoms with Gasteiger partial charge in [-0.1, -0.05) is 6.92 Å². The Kier molecular flexibility index (Phi) is 3.50. The molecule has 0 spiro atoms. The molecular weight excluding hydrogens is 288 g/mol. The predicted molar refractivity (Wildman–Crippen MR) is 69.2 cm³/mol. The number of aryl methyl sites for hydroxylation is 1. The molecule has 0 saturated heterocycles. The summed E-state index contributed by atoms with van der Waals surface area (Å²) in [5.41, 5.74) is 5.66. The number of nitrogens with two attached hydrogens (primary N) is 1. The first kappa shape index (κ1) is 11.5. The lowest BCUT2D eigenvalue weighted by molar-refractivity contribution is 0.825. The molecule has 2 aromatic rings. The summed E-state index contributed by atoms with van der Waals surface area (Å²) < 4.78 is 1.05. The standard InChI is InChI=1S/C10H11BrN4S/c1-2-3-8-13-9(15-10(12)14-8)6-4-5-7(11)16-6/h4-5H,2-3H2,1H3,(H2,12,13,14,15). The molecule has 2 heterocycles. The minimum atomic E-state index is 0.290. The van der Waals surface area contributed by atoms with E-state index < -0.39 is 0 Å². The molecule has 4 nitrogen and oxygen atoms in total. The zero-order chi connectivity index (χ0) is 11.5. The molecular formula is C10H11BrN4S. The van der Waals surface area contributed by atoms with Crippen molar-refractivity contribution in [3.8, 4) is 10.7 Å². The van der Waals surface area contributed by atoms with Gasteiger partial charge in [-0.25, -0.2) is 4.98 Å². The third kappa shape index (κ3) is 2.56. The normalized spacial score (nSPS) is 10.6. The summed E-state index contributed by atoms with van der Waals surface area (Å²) in [6, 6.07) is 3.94. The lowest BCUT2D eigenvalue weighted by Gasteiger charge is -2.01. The number of hydrogen-bond acceptors (Lipinski definition) is 5. The molecule has 0 amide bonds. The SMILES string of the molecule is CCCc1nc(N)nc(-c2ccc(Br)s2)n1. The summed E-state index contributed by atoms with van der Waals surface area (Å²) in [6.45, 7) is 2.08. The molecule has 0 aromatic carbocycles. The van der Waals surface area contributed by atoms with Gasteiger partial charge in [-0.15, -0.1) is 11.3 Å². The van der Waals surface area contributed by atoms with Crippen molar-refractivity contribution in [1.82, 2.24) is 15.0 Å². The Morgan fingerprint density at radius 2 is 2.12 bits per heavy atom. The van der Waals surface area contributed by atoms with Crippen LogP contribution >= 0.6 is 27.3 Å². The highest BCUT2D eigenvalue weighted by Crippen LogP contribution is 2.29. The zero-order valence-electron chi connectivity index (χ0n) is 8.77. The maximum atomic E-state index is 5.66. The van der Waals surface area contributed by atoms with E-state index in [0.717, 1.165) is 27.3 Å². The number of hydrogen-bond donors (Lipinski definition) is 1. The first-order valence-corrected chi connectivity index (χ1v) is 6.56. The topological polar surface area (TPSA) is 64.7 Å². The molecule has 0 aliphatic heterocycles. The summed E-state index contributed by atoms with van der Waals surface area (Å²) in [7, 11) is 0. The fourth-order valence-corrected chi connectivity index (χ4v) is 2.64. The number of nitrogen functional groups attached to an aromatic ring is 1. The summed E-state index contributed by atoms with van der Waals surface area (Å²) in [5.74, 6) is 1.71. The minimum absolute atomic E-state index is 0.290. The second-order valence-corrected chi connectivity index (χ2v) is 5.75. The Morgan fingerprint density at radius 1 is 1.31 bits per heavy atom. The number of anilines is 1. The van der Waals surface area contributed by atoms with Gasteiger partial charge in [0.05, 0.1) is 8.66 Å². The molecule has 16 heavy (non-hydrogen) atoms. The van der Waals surface area contributed by atoms with Crippen LogP contribution in [0.15, 0.2) is 15.9 Å². The lowest BCUT2D eigenvalue weighted by atomic mass is 10.3. The smallest absolute Gasteiger partial charge is 0.223 e. The zero-order valence-corrected chi connectivity index (χ0v) is 11.2. The van der Waals surface area contributed by atoms with E-state index in [-0.39, 0.29) is 5.95 Å². The number of rotatable bonds is 3. The van der Waals surface area contributed by atoms with Crippen molar-refractivity contribution in [1.29, 1.82) is 0 Å². The third-order valence-electron chi connectivity index (χ3n) is 1.97. The average molecular weight is 299 g/mol. The molecule has 84 valence electrons. The first-order chi connectivity index (χ1) is 7.69. The van der Waals surface area contributed by atoms with Crippen LogP contribution in [0.2, 0.25) is 0 Å². The molecule has 2 aromatic heterocycles. The van der Waals surface area contributed by atoms with Crippen molar-refractivity contribution < 1.29 is 0 Å². The molecule has 2 N–H and O–H groups in total. The molecule has 0 aliphatic rings. The van der Waals surface area contributed by atoms with E-state index in [1.165, 1.54) is 0 Å². The van der Waals surface area contributed by atoms with Gasteiger partial charge in [-0.3, -0.25) is 0 Å². The summed E-state index contributed by atoms with van der Waals surface area (Å²) in [6.07, 6.45) is 1.82. The van der Waals surface area contributed by atoms with Crippen molar-refractivity contribution in [2.24, 2.45) is 0 Å². The van der Waals surface area contributed by atoms with E-state index >= 15 is 0 Å². The minimum Gasteiger partial charge on any atom is -0.368 e. The average Bonchev–Trinajstić information content (AvgIpc) is 2.64. The molecule has 0 fully saturated rings. The molecule has 0 atom stereocenters. The van der Waals surface area contributed by atoms with Crippen LogP contribution < -0.4 is 5.73 Å². The van der Waals surface area contributed by atoms with Crippen LogP contribution in [0, 0.1) is 0 Å². The largest absolute Gasteiger partial charge is 0.368 e. The molecule has 0 bridgehead atoms. The Balaban J connectivity index is 2.40. The maximum absolute atomic E-state index is 5.66. The van der Waals surface area contributed by atoms with Crippen molar-refractivity contribution in [3.63, 3.8) is 0 Å². The molecule has 6 heteroatoms. The van der Waals surface area contributed by atoms with Gasteiger partial charge >= 0.3 is 0 Å². The van der Waals surface area contributed by atoms with E-state index in [1.54, 1.807) is 11.3 Å². The maximum Gasteiger partial charge on any atom is 0.223 e. The number of nitrogens with zero attached hydrogens (tertiary/aromatic N) is 3. The molecule has 2 rings (SSSR count). The van der Waals surface area contributed by atoms with E-state index in [4.69, 9.17) is 5.73 Å². The van der Waals surface area contributed by atoms with Gasteiger partial charge in [-0.05, 0) is 34.5 Å². The Bertz CT molecular complexity index is 497. The highest BCUT2D eigenvalue weighted by Gasteiger charge is 2.08. The Hall–Kier alpha value is -1.01. The van der Waals surface area contributed by atoms with Crippen LogP contribution in [0.1, 0.15) is 19.2 Å². The van der Waals surface area contributed by atoms with Gasteiger partial charge in [0.15, 0.2) is 5.82 Å². The van der Waals surface area contributed by atoms with Crippen molar-refractivity contribution in [2.45, 2.75) is 19.8 Å². The van der Waals surface area contributed by atoms with Crippen molar-refractivity contribution in [2.75, 3.05) is 5.73 Å². The van der Waals surface area contributed by atoms with Gasteiger partial charge in [0.1, 0.15) is 5.82 Å². The molecule has 0 saturated carbocycles. The third-order valence-corrected chi connectivity index (χ3v) is 3.59. The number of halogens is 1. The van der Waals surface area contributed by atoms with E-state index in [1.807, 2.05) is 12.1 Å². The number of aromatic nitrogens is 3. The number of thiophene rings is 1. The monoisotopic (exact) mass is 298 g/mol. The van der Waals surface area contributed by atoms with E-state index in [0.29, 0.717) is 5.82 Å². The summed E-state index contributed by atoms with van der Waals surface area (Å²) in [4.78, 5) is 13.6. The van der Waals surface area contributed by atoms with Gasteiger partial charge in [-0.2, -0.15) is 9.97 Å². The van der Waals surface area contributed by atoms with Crippen LogP contribution in [0.5, 0.6) is 0 Å².